The van der Waals surface area contributed by atoms with Crippen LogP contribution in [0.4, 0.5) is 11.4 Å². The third kappa shape index (κ3) is 7.51. The van der Waals surface area contributed by atoms with Crippen LogP contribution in [0.2, 0.25) is 0 Å². The fraction of sp³-hybridized carbons (Fsp3) is 0. The molecule has 0 bridgehead atoms. The average molecular weight is 589 g/mol. The predicted molar refractivity (Wildman–Crippen MR) is 171 cm³/mol. The van der Waals surface area contributed by atoms with Gasteiger partial charge in [-0.2, -0.15) is 0 Å². The first-order valence-electron chi connectivity index (χ1n) is 12.9. The van der Waals surface area contributed by atoms with Crippen molar-refractivity contribution in [3.05, 3.63) is 152 Å². The summed E-state index contributed by atoms with van der Waals surface area (Å²) in [7, 11) is 0. The number of ketones is 2. The number of hydrogen-bond donors (Lipinski definition) is 2. The summed E-state index contributed by atoms with van der Waals surface area (Å²) in [5, 5.41) is 9.29. The van der Waals surface area contributed by atoms with Crippen LogP contribution in [-0.2, 0) is 0 Å². The Labute approximate surface area is 250 Å². The van der Waals surface area contributed by atoms with Gasteiger partial charge in [0.2, 0.25) is 0 Å². The average Bonchev–Trinajstić information content (AvgIpc) is 3.75. The van der Waals surface area contributed by atoms with Crippen LogP contribution in [0.25, 0.3) is 12.2 Å². The Bertz CT molecular complexity index is 1650. The molecule has 0 radical (unpaired) electrons. The van der Waals surface area contributed by atoms with Crippen molar-refractivity contribution in [1.29, 1.82) is 0 Å². The lowest BCUT2D eigenvalue weighted by Crippen LogP contribution is -2.10. The quantitative estimate of drug-likeness (QED) is 0.127. The first-order valence-corrected chi connectivity index (χ1v) is 14.7. The van der Waals surface area contributed by atoms with Crippen LogP contribution in [0.1, 0.15) is 51.2 Å². The molecule has 6 nitrogen and oxygen atoms in total. The van der Waals surface area contributed by atoms with Crippen LogP contribution in [0.15, 0.2) is 120 Å². The summed E-state index contributed by atoms with van der Waals surface area (Å²) in [6.45, 7) is 0. The van der Waals surface area contributed by atoms with Gasteiger partial charge in [-0.05, 0) is 70.4 Å². The molecular weight excluding hydrogens is 565 g/mol. The summed E-state index contributed by atoms with van der Waals surface area (Å²) in [4.78, 5) is 51.3. The third-order valence-electron chi connectivity index (χ3n) is 6.09. The van der Waals surface area contributed by atoms with E-state index in [2.05, 4.69) is 10.6 Å². The Morgan fingerprint density at radius 1 is 0.524 bits per heavy atom. The molecule has 2 amide bonds. The van der Waals surface area contributed by atoms with E-state index in [1.54, 1.807) is 72.8 Å². The van der Waals surface area contributed by atoms with E-state index in [0.29, 0.717) is 32.3 Å². The highest BCUT2D eigenvalue weighted by Gasteiger charge is 2.10. The normalized spacial score (nSPS) is 11.0. The molecule has 2 aromatic heterocycles. The Hall–Kier alpha value is -5.18. The van der Waals surface area contributed by atoms with Crippen LogP contribution in [0.5, 0.6) is 0 Å². The standard InChI is InChI=1S/C34H24N2O4S2/c37-29(25-5-1-7-27(21-25)35-33(39)31-9-3-19-41-31)17-15-23-11-13-24(14-12-23)16-18-30(38)26-6-2-8-28(22-26)36-34(40)32-10-4-20-42-32/h1-22H,(H,35,39)(H,36,40). The molecule has 0 saturated heterocycles. The zero-order chi connectivity index (χ0) is 29.3. The minimum Gasteiger partial charge on any atom is -0.321 e. The first kappa shape index (κ1) is 28.4. The third-order valence-corrected chi connectivity index (χ3v) is 7.83. The summed E-state index contributed by atoms with van der Waals surface area (Å²) in [5.41, 5.74) is 3.67. The SMILES string of the molecule is O=C(C=Cc1ccc(C=CC(=O)c2cccc(NC(=O)c3cccs3)c2)cc1)c1cccc(NC(=O)c2cccs2)c1. The van der Waals surface area contributed by atoms with E-state index >= 15 is 0 Å². The van der Waals surface area contributed by atoms with Gasteiger partial charge in [0, 0.05) is 22.5 Å². The van der Waals surface area contributed by atoms with Crippen molar-refractivity contribution in [3.8, 4) is 0 Å². The van der Waals surface area contributed by atoms with Gasteiger partial charge in [0.1, 0.15) is 0 Å². The van der Waals surface area contributed by atoms with Crippen LogP contribution in [0, 0.1) is 0 Å². The fourth-order valence-electron chi connectivity index (χ4n) is 3.96. The van der Waals surface area contributed by atoms with Gasteiger partial charge in [-0.3, -0.25) is 19.2 Å². The molecule has 0 spiro atoms. The van der Waals surface area contributed by atoms with Gasteiger partial charge in [-0.1, -0.05) is 72.8 Å². The number of carbonyl (C=O) groups excluding carboxylic acids is 4. The minimum atomic E-state index is -0.215. The van der Waals surface area contributed by atoms with Gasteiger partial charge in [-0.15, -0.1) is 22.7 Å². The second-order valence-electron chi connectivity index (χ2n) is 9.09. The highest BCUT2D eigenvalue weighted by Crippen LogP contribution is 2.18. The Balaban J connectivity index is 1.17. The lowest BCUT2D eigenvalue weighted by atomic mass is 10.1. The van der Waals surface area contributed by atoms with Gasteiger partial charge < -0.3 is 10.6 Å². The van der Waals surface area contributed by atoms with E-state index in [9.17, 15) is 19.2 Å². The summed E-state index contributed by atoms with van der Waals surface area (Å²) < 4.78 is 0. The monoisotopic (exact) mass is 588 g/mol. The highest BCUT2D eigenvalue weighted by molar-refractivity contribution is 7.12. The number of rotatable bonds is 10. The largest absolute Gasteiger partial charge is 0.321 e. The Kier molecular flexibility index (Phi) is 9.08. The second-order valence-corrected chi connectivity index (χ2v) is 11.0. The lowest BCUT2D eigenvalue weighted by Gasteiger charge is -2.05. The zero-order valence-electron chi connectivity index (χ0n) is 22.2. The number of amides is 2. The maximum absolute atomic E-state index is 12.7. The summed E-state index contributed by atoms with van der Waals surface area (Å²) in [5.74, 6) is -0.808. The van der Waals surface area contributed by atoms with Gasteiger partial charge >= 0.3 is 0 Å². The Morgan fingerprint density at radius 3 is 1.33 bits per heavy atom. The molecular formula is C34H24N2O4S2. The molecule has 2 heterocycles. The predicted octanol–water partition coefficient (Wildman–Crippen LogP) is 8.11. The Morgan fingerprint density at radius 2 is 0.952 bits per heavy atom. The molecule has 0 saturated carbocycles. The molecule has 3 aromatic carbocycles. The molecule has 8 heteroatoms. The van der Waals surface area contributed by atoms with Gasteiger partial charge in [-0.25, -0.2) is 0 Å². The maximum Gasteiger partial charge on any atom is 0.265 e. The summed E-state index contributed by atoms with van der Waals surface area (Å²) in [6.07, 6.45) is 6.40. The van der Waals surface area contributed by atoms with Gasteiger partial charge in [0.15, 0.2) is 11.6 Å². The van der Waals surface area contributed by atoms with E-state index in [1.165, 1.54) is 34.8 Å². The number of thiophene rings is 2. The molecule has 42 heavy (non-hydrogen) atoms. The molecule has 206 valence electrons. The van der Waals surface area contributed by atoms with E-state index < -0.39 is 0 Å². The summed E-state index contributed by atoms with van der Waals surface area (Å²) in [6, 6.07) is 28.1. The molecule has 0 aliphatic rings. The lowest BCUT2D eigenvalue weighted by molar-refractivity contribution is 0.102. The maximum atomic E-state index is 12.7. The van der Waals surface area contributed by atoms with E-state index in [0.717, 1.165) is 11.1 Å². The number of benzene rings is 3. The van der Waals surface area contributed by atoms with E-state index in [1.807, 2.05) is 47.2 Å². The van der Waals surface area contributed by atoms with Crippen molar-refractivity contribution in [3.63, 3.8) is 0 Å². The van der Waals surface area contributed by atoms with E-state index in [4.69, 9.17) is 0 Å². The smallest absolute Gasteiger partial charge is 0.265 e. The first-order chi connectivity index (χ1) is 20.4. The van der Waals surface area contributed by atoms with Crippen molar-refractivity contribution in [2.24, 2.45) is 0 Å². The number of carbonyl (C=O) groups is 4. The molecule has 0 unspecified atom stereocenters. The highest BCUT2D eigenvalue weighted by atomic mass is 32.1. The van der Waals surface area contributed by atoms with Crippen LogP contribution < -0.4 is 10.6 Å². The van der Waals surface area contributed by atoms with Crippen molar-refractivity contribution in [2.75, 3.05) is 10.6 Å². The topological polar surface area (TPSA) is 92.3 Å². The number of allylic oxidation sites excluding steroid dienone is 2. The van der Waals surface area contributed by atoms with Gasteiger partial charge in [0.25, 0.3) is 11.8 Å². The van der Waals surface area contributed by atoms with Crippen molar-refractivity contribution in [1.82, 2.24) is 0 Å². The minimum absolute atomic E-state index is 0.189. The van der Waals surface area contributed by atoms with Crippen LogP contribution in [-0.4, -0.2) is 23.4 Å². The van der Waals surface area contributed by atoms with Gasteiger partial charge in [0.05, 0.1) is 9.75 Å². The second kappa shape index (κ2) is 13.5. The number of anilines is 2. The molecule has 5 rings (SSSR count). The number of hydrogen-bond acceptors (Lipinski definition) is 6. The van der Waals surface area contributed by atoms with E-state index in [-0.39, 0.29) is 23.4 Å². The molecule has 0 fully saturated rings. The fourth-order valence-corrected chi connectivity index (χ4v) is 5.19. The molecule has 0 aliphatic carbocycles. The van der Waals surface area contributed by atoms with Crippen molar-refractivity contribution >= 4 is 69.6 Å². The van der Waals surface area contributed by atoms with Crippen LogP contribution >= 0.6 is 22.7 Å². The van der Waals surface area contributed by atoms with Crippen molar-refractivity contribution < 1.29 is 19.2 Å². The summed E-state index contributed by atoms with van der Waals surface area (Å²) >= 11 is 2.70. The number of nitrogens with one attached hydrogen (secondary N) is 2. The zero-order valence-corrected chi connectivity index (χ0v) is 23.8. The molecule has 0 atom stereocenters. The molecule has 2 N–H and O–H groups in total. The van der Waals surface area contributed by atoms with Crippen molar-refractivity contribution in [2.45, 2.75) is 0 Å². The van der Waals surface area contributed by atoms with Crippen LogP contribution in [0.3, 0.4) is 0 Å². The molecule has 0 aliphatic heterocycles. The molecule has 5 aromatic rings.